The van der Waals surface area contributed by atoms with Crippen molar-refractivity contribution in [2.75, 3.05) is 11.9 Å². The monoisotopic (exact) mass is 317 g/mol. The fourth-order valence-electron chi connectivity index (χ4n) is 4.52. The molecule has 1 fully saturated rings. The highest BCUT2D eigenvalue weighted by atomic mass is 15.1. The number of anilines is 1. The molecule has 0 saturated heterocycles. The number of aryl methyl sites for hydroxylation is 1. The predicted octanol–water partition coefficient (Wildman–Crippen LogP) is 3.46. The molecule has 0 N–H and O–H groups in total. The van der Waals surface area contributed by atoms with E-state index in [1.165, 1.54) is 53.6 Å². The average molecular weight is 317 g/mol. The van der Waals surface area contributed by atoms with Gasteiger partial charge in [0.05, 0.1) is 0 Å². The highest BCUT2D eigenvalue weighted by Gasteiger charge is 2.36. The van der Waals surface area contributed by atoms with Crippen molar-refractivity contribution < 1.29 is 4.57 Å². The molecular formula is C21H26BN2+. The van der Waals surface area contributed by atoms with E-state index in [2.05, 4.69) is 79.1 Å². The van der Waals surface area contributed by atoms with Crippen LogP contribution in [0.3, 0.4) is 0 Å². The lowest BCUT2D eigenvalue weighted by Gasteiger charge is -2.31. The molecule has 2 heterocycles. The molecule has 1 aromatic heterocycles. The van der Waals surface area contributed by atoms with Crippen LogP contribution in [0.5, 0.6) is 0 Å². The Labute approximate surface area is 145 Å². The van der Waals surface area contributed by atoms with Gasteiger partial charge in [-0.15, -0.1) is 0 Å². The molecular weight excluding hydrogens is 291 g/mol. The lowest BCUT2D eigenvalue weighted by Crippen LogP contribution is -2.62. The summed E-state index contributed by atoms with van der Waals surface area (Å²) in [5.74, 6) is 0.760. The Balaban J connectivity index is 1.77. The van der Waals surface area contributed by atoms with Crippen molar-refractivity contribution in [2.24, 2.45) is 7.05 Å². The van der Waals surface area contributed by atoms with Crippen LogP contribution in [0.2, 0.25) is 0 Å². The Morgan fingerprint density at radius 3 is 2.67 bits per heavy atom. The molecule has 4 rings (SSSR count). The number of aromatic nitrogens is 1. The number of allylic oxidation sites excluding steroid dienone is 1. The minimum Gasteiger partial charge on any atom is -0.404 e. The van der Waals surface area contributed by atoms with E-state index in [0.717, 1.165) is 5.92 Å². The van der Waals surface area contributed by atoms with Gasteiger partial charge in [0.15, 0.2) is 11.8 Å². The summed E-state index contributed by atoms with van der Waals surface area (Å²) in [4.78, 5) is 2.43. The second-order valence-corrected chi connectivity index (χ2v) is 7.44. The molecule has 0 bridgehead atoms. The molecule has 1 aliphatic carbocycles. The number of hydrogen-bond donors (Lipinski definition) is 0. The molecule has 0 radical (unpaired) electrons. The number of para-hydroxylation sites is 1. The van der Waals surface area contributed by atoms with Crippen LogP contribution in [0.15, 0.2) is 48.1 Å². The van der Waals surface area contributed by atoms with E-state index in [1.807, 2.05) is 0 Å². The lowest BCUT2D eigenvalue weighted by atomic mass is 9.49. The Morgan fingerprint density at radius 1 is 1.12 bits per heavy atom. The zero-order valence-corrected chi connectivity index (χ0v) is 15.0. The smallest absolute Gasteiger partial charge is 0.399 e. The Bertz CT molecular complexity index is 790. The van der Waals surface area contributed by atoms with Crippen molar-refractivity contribution in [1.29, 1.82) is 0 Å². The minimum atomic E-state index is 0.311. The number of pyridine rings is 1. The summed E-state index contributed by atoms with van der Waals surface area (Å²) in [6.07, 6.45) is 10.1. The minimum absolute atomic E-state index is 0.311. The van der Waals surface area contributed by atoms with Crippen LogP contribution < -0.4 is 15.0 Å². The van der Waals surface area contributed by atoms with Crippen LogP contribution >= 0.6 is 0 Å². The van der Waals surface area contributed by atoms with Gasteiger partial charge in [-0.3, -0.25) is 0 Å². The molecule has 0 spiro atoms. The first-order valence-electron chi connectivity index (χ1n) is 9.14. The summed E-state index contributed by atoms with van der Waals surface area (Å²) >= 11 is 0. The lowest BCUT2D eigenvalue weighted by molar-refractivity contribution is -0.654. The third-order valence-electron chi connectivity index (χ3n) is 5.84. The molecule has 2 aliphatic rings. The summed E-state index contributed by atoms with van der Waals surface area (Å²) in [6, 6.07) is 13.5. The maximum atomic E-state index is 2.46. The second kappa shape index (κ2) is 6.12. The zero-order valence-electron chi connectivity index (χ0n) is 15.0. The number of hydrogen-bond acceptors (Lipinski definition) is 1. The van der Waals surface area contributed by atoms with Crippen LogP contribution in [-0.2, 0) is 7.05 Å². The van der Waals surface area contributed by atoms with E-state index in [-0.39, 0.29) is 0 Å². The average Bonchev–Trinajstić information content (AvgIpc) is 3.11. The van der Waals surface area contributed by atoms with Crippen LogP contribution in [0.25, 0.3) is 6.08 Å². The van der Waals surface area contributed by atoms with Gasteiger partial charge in [-0.25, -0.2) is 4.57 Å². The highest BCUT2D eigenvalue weighted by molar-refractivity contribution is 6.82. The topological polar surface area (TPSA) is 7.12 Å². The highest BCUT2D eigenvalue weighted by Crippen LogP contribution is 2.34. The Morgan fingerprint density at radius 2 is 1.88 bits per heavy atom. The fourth-order valence-corrected chi connectivity index (χ4v) is 4.52. The molecule has 3 heteroatoms. The number of rotatable bonds is 2. The normalized spacial score (nSPS) is 17.9. The third kappa shape index (κ3) is 2.56. The quantitative estimate of drug-likeness (QED) is 0.608. The number of fused-ring (bicyclic) bond motifs is 1. The van der Waals surface area contributed by atoms with Crippen molar-refractivity contribution >= 4 is 24.2 Å². The molecule has 2 nitrogen and oxygen atoms in total. The standard InChI is InChI=1S/C21H26BN2/c1-16-14-19-10-6-7-11-20(19)24(3)22(16)21-15-18(12-13-23(21)2)17-8-4-5-9-17/h6-7,10-15,17H,4-5,8-9H2,1-3H3/q+1. The fraction of sp³-hybridized carbons (Fsp3) is 0.381. The van der Waals surface area contributed by atoms with Crippen molar-refractivity contribution in [2.45, 2.75) is 38.5 Å². The van der Waals surface area contributed by atoms with Crippen LogP contribution in [-0.4, -0.2) is 13.9 Å². The molecule has 122 valence electrons. The first-order chi connectivity index (χ1) is 11.6. The van der Waals surface area contributed by atoms with Gasteiger partial charge >= 0.3 is 6.85 Å². The van der Waals surface area contributed by atoms with Crippen molar-refractivity contribution in [1.82, 2.24) is 0 Å². The molecule has 0 unspecified atom stereocenters. The van der Waals surface area contributed by atoms with Crippen LogP contribution in [0.4, 0.5) is 5.69 Å². The molecule has 2 aromatic rings. The van der Waals surface area contributed by atoms with Crippen LogP contribution in [0, 0.1) is 0 Å². The van der Waals surface area contributed by atoms with Crippen molar-refractivity contribution in [3.63, 3.8) is 0 Å². The van der Waals surface area contributed by atoms with E-state index < -0.39 is 0 Å². The first kappa shape index (κ1) is 15.5. The molecule has 1 aromatic carbocycles. The van der Waals surface area contributed by atoms with E-state index in [4.69, 9.17) is 0 Å². The summed E-state index contributed by atoms with van der Waals surface area (Å²) < 4.78 is 2.30. The Hall–Kier alpha value is -2.03. The summed E-state index contributed by atoms with van der Waals surface area (Å²) in [7, 11) is 4.40. The molecule has 24 heavy (non-hydrogen) atoms. The van der Waals surface area contributed by atoms with Gasteiger partial charge in [-0.05, 0) is 49.9 Å². The van der Waals surface area contributed by atoms with E-state index in [0.29, 0.717) is 6.85 Å². The number of nitrogens with zero attached hydrogens (tertiary/aromatic N) is 2. The second-order valence-electron chi connectivity index (χ2n) is 7.44. The van der Waals surface area contributed by atoms with Crippen molar-refractivity contribution in [3.05, 3.63) is 59.2 Å². The van der Waals surface area contributed by atoms with Gasteiger partial charge in [0.2, 0.25) is 0 Å². The Kier molecular flexibility index (Phi) is 3.95. The van der Waals surface area contributed by atoms with E-state index in [9.17, 15) is 0 Å². The van der Waals surface area contributed by atoms with E-state index >= 15 is 0 Å². The molecule has 1 saturated carbocycles. The van der Waals surface area contributed by atoms with E-state index in [1.54, 1.807) is 0 Å². The zero-order chi connectivity index (χ0) is 16.7. The summed E-state index contributed by atoms with van der Waals surface area (Å²) in [5.41, 5.74) is 6.98. The maximum Gasteiger partial charge on any atom is 0.399 e. The number of benzene rings is 1. The largest absolute Gasteiger partial charge is 0.404 e. The van der Waals surface area contributed by atoms with Gasteiger partial charge in [-0.2, -0.15) is 0 Å². The summed E-state index contributed by atoms with van der Waals surface area (Å²) in [6.45, 7) is 2.57. The van der Waals surface area contributed by atoms with Crippen molar-refractivity contribution in [3.8, 4) is 0 Å². The van der Waals surface area contributed by atoms with Gasteiger partial charge in [-0.1, -0.05) is 42.6 Å². The van der Waals surface area contributed by atoms with Gasteiger partial charge < -0.3 is 4.81 Å². The SMILES string of the molecule is CC1=Cc2ccccc2N(C)B1c1cc(C2CCCC2)cc[n+]1C. The molecule has 0 amide bonds. The van der Waals surface area contributed by atoms with Crippen LogP contribution in [0.1, 0.15) is 49.7 Å². The molecule has 1 aliphatic heterocycles. The predicted molar refractivity (Wildman–Crippen MR) is 103 cm³/mol. The first-order valence-corrected chi connectivity index (χ1v) is 9.14. The van der Waals surface area contributed by atoms with Gasteiger partial charge in [0.1, 0.15) is 7.05 Å². The summed E-state index contributed by atoms with van der Waals surface area (Å²) in [5, 5.41) is 0. The van der Waals surface area contributed by atoms with Gasteiger partial charge in [0.25, 0.3) is 0 Å². The maximum absolute atomic E-state index is 2.46. The van der Waals surface area contributed by atoms with Gasteiger partial charge in [0, 0.05) is 17.8 Å². The molecule has 0 atom stereocenters. The third-order valence-corrected chi connectivity index (χ3v) is 5.84.